The highest BCUT2D eigenvalue weighted by Crippen LogP contribution is 2.22. The molecule has 3 aromatic rings. The Morgan fingerprint density at radius 3 is 2.64 bits per heavy atom. The number of carbonyl (C=O) groups is 1. The maximum atomic E-state index is 12.4. The number of ether oxygens (including phenoxy) is 1. The highest BCUT2D eigenvalue weighted by Gasteiger charge is 2.17. The molecule has 2 N–H and O–H groups in total. The normalized spacial score (nSPS) is 11.1. The van der Waals surface area contributed by atoms with Crippen LogP contribution in [-0.2, 0) is 21.2 Å². The van der Waals surface area contributed by atoms with Crippen LogP contribution in [0.1, 0.15) is 5.69 Å². The van der Waals surface area contributed by atoms with E-state index in [0.717, 1.165) is 15.8 Å². The van der Waals surface area contributed by atoms with Gasteiger partial charge in [-0.3, -0.25) is 9.52 Å². The minimum absolute atomic E-state index is 0.0350. The molecule has 1 amide bonds. The van der Waals surface area contributed by atoms with Gasteiger partial charge < -0.3 is 10.1 Å². The predicted octanol–water partition coefficient (Wildman–Crippen LogP) is 3.90. The lowest BCUT2D eigenvalue weighted by Crippen LogP contribution is -2.15. The van der Waals surface area contributed by atoms with Crippen LogP contribution in [0, 0.1) is 0 Å². The molecule has 0 aliphatic rings. The summed E-state index contributed by atoms with van der Waals surface area (Å²) in [6.07, 6.45) is 0.0350. The van der Waals surface area contributed by atoms with Crippen molar-refractivity contribution >= 4 is 54.0 Å². The number of nitrogens with zero attached hydrogens (tertiary/aromatic N) is 1. The van der Waals surface area contributed by atoms with Crippen LogP contribution < -0.4 is 14.8 Å². The third kappa shape index (κ3) is 5.31. The molecule has 28 heavy (non-hydrogen) atoms. The molecule has 0 fully saturated rings. The number of sulfonamides is 1. The van der Waals surface area contributed by atoms with Crippen molar-refractivity contribution in [1.29, 1.82) is 0 Å². The zero-order valence-electron chi connectivity index (χ0n) is 14.7. The summed E-state index contributed by atoms with van der Waals surface area (Å²) in [5.41, 5.74) is 1.14. The van der Waals surface area contributed by atoms with Gasteiger partial charge in [-0.1, -0.05) is 22.0 Å². The number of halogens is 1. The van der Waals surface area contributed by atoms with Gasteiger partial charge in [0.1, 0.15) is 5.75 Å². The summed E-state index contributed by atoms with van der Waals surface area (Å²) in [7, 11) is -2.26. The van der Waals surface area contributed by atoms with E-state index >= 15 is 0 Å². The SMILES string of the molecule is COc1ccc(S(=O)(=O)Nc2nc(CC(=O)Nc3cccc(Br)c3)cs2)cc1. The molecular weight excluding hydrogens is 466 g/mol. The van der Waals surface area contributed by atoms with E-state index in [2.05, 4.69) is 31.0 Å². The molecule has 0 atom stereocenters. The third-order valence-corrected chi connectivity index (χ3v) is 6.38. The number of aromatic nitrogens is 1. The summed E-state index contributed by atoms with van der Waals surface area (Å²) in [6, 6.07) is 13.3. The molecule has 7 nitrogen and oxygen atoms in total. The van der Waals surface area contributed by atoms with Crippen LogP contribution >= 0.6 is 27.3 Å². The molecule has 0 saturated heterocycles. The molecular formula is C18H16BrN3O4S2. The fourth-order valence-electron chi connectivity index (χ4n) is 2.30. The Kier molecular flexibility index (Phi) is 6.32. The van der Waals surface area contributed by atoms with Gasteiger partial charge in [-0.05, 0) is 42.5 Å². The number of carbonyl (C=O) groups excluding carboxylic acids is 1. The molecule has 0 bridgehead atoms. The molecule has 3 rings (SSSR count). The van der Waals surface area contributed by atoms with Gasteiger partial charge in [0.25, 0.3) is 10.0 Å². The number of hydrogen-bond donors (Lipinski definition) is 2. The molecule has 2 aromatic carbocycles. The van der Waals surface area contributed by atoms with Crippen molar-refractivity contribution in [3.63, 3.8) is 0 Å². The van der Waals surface area contributed by atoms with Gasteiger partial charge in [0.2, 0.25) is 5.91 Å². The molecule has 1 heterocycles. The van der Waals surface area contributed by atoms with Crippen molar-refractivity contribution in [2.24, 2.45) is 0 Å². The van der Waals surface area contributed by atoms with Crippen LogP contribution in [0.15, 0.2) is 63.3 Å². The topological polar surface area (TPSA) is 97.4 Å². The van der Waals surface area contributed by atoms with Gasteiger partial charge in [-0.15, -0.1) is 11.3 Å². The summed E-state index contributed by atoms with van der Waals surface area (Å²) < 4.78 is 33.2. The van der Waals surface area contributed by atoms with Gasteiger partial charge in [-0.25, -0.2) is 13.4 Å². The minimum atomic E-state index is -3.77. The second-order valence-corrected chi connectivity index (χ2v) is 9.12. The maximum Gasteiger partial charge on any atom is 0.263 e. The van der Waals surface area contributed by atoms with Crippen molar-refractivity contribution in [2.45, 2.75) is 11.3 Å². The van der Waals surface area contributed by atoms with Gasteiger partial charge >= 0.3 is 0 Å². The van der Waals surface area contributed by atoms with E-state index in [1.165, 1.54) is 19.2 Å². The Labute approximate surface area is 175 Å². The number of methoxy groups -OCH3 is 1. The van der Waals surface area contributed by atoms with Crippen LogP contribution in [0.2, 0.25) is 0 Å². The fourth-order valence-corrected chi connectivity index (χ4v) is 4.66. The van der Waals surface area contributed by atoms with E-state index in [4.69, 9.17) is 4.74 Å². The number of hydrogen-bond acceptors (Lipinski definition) is 6. The van der Waals surface area contributed by atoms with Gasteiger partial charge in [0.15, 0.2) is 5.13 Å². The Morgan fingerprint density at radius 2 is 1.96 bits per heavy atom. The molecule has 1 aromatic heterocycles. The molecule has 10 heteroatoms. The first kappa shape index (κ1) is 20.3. The molecule has 0 aliphatic carbocycles. The molecule has 146 valence electrons. The highest BCUT2D eigenvalue weighted by molar-refractivity contribution is 9.10. The summed E-state index contributed by atoms with van der Waals surface area (Å²) in [4.78, 5) is 16.4. The maximum absolute atomic E-state index is 12.4. The Morgan fingerprint density at radius 1 is 1.21 bits per heavy atom. The van der Waals surface area contributed by atoms with E-state index in [1.54, 1.807) is 29.6 Å². The Hall–Kier alpha value is -2.43. The van der Waals surface area contributed by atoms with Crippen LogP contribution in [0.25, 0.3) is 0 Å². The summed E-state index contributed by atoms with van der Waals surface area (Å²) >= 11 is 4.46. The van der Waals surface area contributed by atoms with Crippen LogP contribution in [0.4, 0.5) is 10.8 Å². The zero-order valence-corrected chi connectivity index (χ0v) is 17.9. The smallest absolute Gasteiger partial charge is 0.263 e. The van der Waals surface area contributed by atoms with E-state index < -0.39 is 10.0 Å². The summed E-state index contributed by atoms with van der Waals surface area (Å²) in [5, 5.41) is 4.61. The second-order valence-electron chi connectivity index (χ2n) is 5.66. The monoisotopic (exact) mass is 481 g/mol. The third-order valence-electron chi connectivity index (χ3n) is 3.59. The summed E-state index contributed by atoms with van der Waals surface area (Å²) in [5.74, 6) is 0.319. The van der Waals surface area contributed by atoms with Crippen molar-refractivity contribution in [3.05, 3.63) is 64.1 Å². The van der Waals surface area contributed by atoms with Crippen LogP contribution in [0.3, 0.4) is 0 Å². The van der Waals surface area contributed by atoms with E-state index in [1.807, 2.05) is 12.1 Å². The molecule has 0 spiro atoms. The quantitative estimate of drug-likeness (QED) is 0.533. The number of nitrogens with one attached hydrogen (secondary N) is 2. The minimum Gasteiger partial charge on any atom is -0.497 e. The first-order valence-corrected chi connectivity index (χ1v) is 11.2. The zero-order chi connectivity index (χ0) is 20.1. The van der Waals surface area contributed by atoms with E-state index in [-0.39, 0.29) is 22.4 Å². The van der Waals surface area contributed by atoms with Gasteiger partial charge in [0, 0.05) is 15.5 Å². The lowest BCUT2D eigenvalue weighted by atomic mass is 10.3. The number of benzene rings is 2. The summed E-state index contributed by atoms with van der Waals surface area (Å²) in [6.45, 7) is 0. The molecule has 0 unspecified atom stereocenters. The van der Waals surface area contributed by atoms with Crippen LogP contribution in [0.5, 0.6) is 5.75 Å². The van der Waals surface area contributed by atoms with Crippen molar-refractivity contribution < 1.29 is 17.9 Å². The molecule has 0 radical (unpaired) electrons. The Bertz CT molecular complexity index is 1080. The first-order chi connectivity index (χ1) is 13.4. The van der Waals surface area contributed by atoms with Crippen molar-refractivity contribution in [3.8, 4) is 5.75 Å². The average Bonchev–Trinajstić information content (AvgIpc) is 3.07. The van der Waals surface area contributed by atoms with E-state index in [0.29, 0.717) is 17.1 Å². The van der Waals surface area contributed by atoms with Crippen molar-refractivity contribution in [1.82, 2.24) is 4.98 Å². The standard InChI is InChI=1S/C18H16BrN3O4S2/c1-26-15-5-7-16(8-6-15)28(24,25)22-18-21-14(11-27-18)10-17(23)20-13-4-2-3-12(19)9-13/h2-9,11H,10H2,1H3,(H,20,23)(H,21,22). The number of rotatable bonds is 7. The average molecular weight is 482 g/mol. The Balaban J connectivity index is 1.63. The molecule has 0 saturated carbocycles. The second kappa shape index (κ2) is 8.72. The molecule has 0 aliphatic heterocycles. The first-order valence-electron chi connectivity index (χ1n) is 8.02. The predicted molar refractivity (Wildman–Crippen MR) is 112 cm³/mol. The van der Waals surface area contributed by atoms with Gasteiger partial charge in [-0.2, -0.15) is 0 Å². The highest BCUT2D eigenvalue weighted by atomic mass is 79.9. The lowest BCUT2D eigenvalue weighted by molar-refractivity contribution is -0.115. The largest absolute Gasteiger partial charge is 0.497 e. The van der Waals surface area contributed by atoms with Crippen molar-refractivity contribution in [2.75, 3.05) is 17.1 Å². The lowest BCUT2D eigenvalue weighted by Gasteiger charge is -2.06. The number of amides is 1. The fraction of sp³-hybridized carbons (Fsp3) is 0.111. The van der Waals surface area contributed by atoms with Gasteiger partial charge in [0.05, 0.1) is 24.1 Å². The number of anilines is 2. The number of thiazole rings is 1. The van der Waals surface area contributed by atoms with E-state index in [9.17, 15) is 13.2 Å². The van der Waals surface area contributed by atoms with Crippen LogP contribution in [-0.4, -0.2) is 26.4 Å².